The van der Waals surface area contributed by atoms with Crippen LogP contribution in [-0.2, 0) is 0 Å². The number of nitrogens with one attached hydrogen (secondary N) is 2. The number of fused-ring (bicyclic) bond motifs is 3. The fourth-order valence-electron chi connectivity index (χ4n) is 4.77. The van der Waals surface area contributed by atoms with Crippen LogP contribution in [0.1, 0.15) is 53.7 Å². The van der Waals surface area contributed by atoms with E-state index in [2.05, 4.69) is 41.5 Å². The summed E-state index contributed by atoms with van der Waals surface area (Å²) >= 11 is 12.6. The molecule has 0 aromatic heterocycles. The highest BCUT2D eigenvalue weighted by molar-refractivity contribution is 6.35. The molecule has 4 rings (SSSR count). The number of allylic oxidation sites excluding steroid dienone is 2. The van der Waals surface area contributed by atoms with Crippen molar-refractivity contribution >= 4 is 34.8 Å². The van der Waals surface area contributed by atoms with Crippen LogP contribution >= 0.6 is 23.2 Å². The standard InChI is InChI=1S/C25H29Cl2N3O/c1-3-30(4-2)13-12-28-25(31)16-8-11-23-21(14-16)18-6-5-7-19(18)24(29-23)20-10-9-17(26)15-22(20)27/h5-6,8-11,14-15,18-19,24,29H,3-4,7,12-13H2,1-2H3,(H,28,31). The van der Waals surface area contributed by atoms with Crippen molar-refractivity contribution in [2.45, 2.75) is 32.2 Å². The van der Waals surface area contributed by atoms with E-state index in [-0.39, 0.29) is 17.9 Å². The molecule has 164 valence electrons. The highest BCUT2D eigenvalue weighted by atomic mass is 35.5. The maximum atomic E-state index is 12.7. The Morgan fingerprint density at radius 1 is 1.13 bits per heavy atom. The van der Waals surface area contributed by atoms with Gasteiger partial charge in [-0.25, -0.2) is 0 Å². The summed E-state index contributed by atoms with van der Waals surface area (Å²) in [7, 11) is 0. The summed E-state index contributed by atoms with van der Waals surface area (Å²) in [6.07, 6.45) is 5.48. The van der Waals surface area contributed by atoms with Gasteiger partial charge in [0, 0.05) is 40.3 Å². The molecular weight excluding hydrogens is 429 g/mol. The van der Waals surface area contributed by atoms with Gasteiger partial charge in [-0.3, -0.25) is 4.79 Å². The van der Waals surface area contributed by atoms with Crippen LogP contribution in [0.5, 0.6) is 0 Å². The molecule has 2 aromatic carbocycles. The lowest BCUT2D eigenvalue weighted by Gasteiger charge is -2.38. The fraction of sp³-hybridized carbons (Fsp3) is 0.400. The van der Waals surface area contributed by atoms with Crippen LogP contribution in [-0.4, -0.2) is 37.0 Å². The Kier molecular flexibility index (Phi) is 6.90. The molecule has 2 aliphatic rings. The van der Waals surface area contributed by atoms with Crippen molar-refractivity contribution in [1.29, 1.82) is 0 Å². The average molecular weight is 458 g/mol. The first-order chi connectivity index (χ1) is 15.0. The van der Waals surface area contributed by atoms with Gasteiger partial charge < -0.3 is 15.5 Å². The van der Waals surface area contributed by atoms with E-state index in [9.17, 15) is 4.79 Å². The number of halogens is 2. The van der Waals surface area contributed by atoms with E-state index in [4.69, 9.17) is 23.2 Å². The van der Waals surface area contributed by atoms with Crippen LogP contribution in [0, 0.1) is 5.92 Å². The number of carbonyl (C=O) groups is 1. The Balaban J connectivity index is 1.54. The van der Waals surface area contributed by atoms with E-state index < -0.39 is 0 Å². The molecule has 3 unspecified atom stereocenters. The molecule has 0 saturated carbocycles. The lowest BCUT2D eigenvalue weighted by molar-refractivity contribution is 0.0949. The number of amides is 1. The van der Waals surface area contributed by atoms with Crippen molar-refractivity contribution in [2.75, 3.05) is 31.5 Å². The van der Waals surface area contributed by atoms with Crippen molar-refractivity contribution < 1.29 is 4.79 Å². The molecule has 2 aromatic rings. The van der Waals surface area contributed by atoms with Crippen molar-refractivity contribution in [2.24, 2.45) is 5.92 Å². The van der Waals surface area contributed by atoms with Crippen molar-refractivity contribution in [3.8, 4) is 0 Å². The molecule has 31 heavy (non-hydrogen) atoms. The van der Waals surface area contributed by atoms with Crippen molar-refractivity contribution in [3.05, 3.63) is 75.3 Å². The number of carbonyl (C=O) groups excluding carboxylic acids is 1. The zero-order valence-corrected chi connectivity index (χ0v) is 19.5. The largest absolute Gasteiger partial charge is 0.378 e. The lowest BCUT2D eigenvalue weighted by Crippen LogP contribution is -2.35. The van der Waals surface area contributed by atoms with Crippen LogP contribution in [0.4, 0.5) is 5.69 Å². The smallest absolute Gasteiger partial charge is 0.251 e. The van der Waals surface area contributed by atoms with Gasteiger partial charge in [0.05, 0.1) is 6.04 Å². The number of nitrogens with zero attached hydrogens (tertiary/aromatic N) is 1. The van der Waals surface area contributed by atoms with Crippen molar-refractivity contribution in [1.82, 2.24) is 10.2 Å². The Labute approximate surface area is 194 Å². The van der Waals surface area contributed by atoms with Crippen LogP contribution < -0.4 is 10.6 Å². The maximum Gasteiger partial charge on any atom is 0.251 e. The first-order valence-corrected chi connectivity index (χ1v) is 11.8. The summed E-state index contributed by atoms with van der Waals surface area (Å²) in [4.78, 5) is 15.0. The Bertz CT molecular complexity index is 987. The molecule has 0 fully saturated rings. The second-order valence-electron chi connectivity index (χ2n) is 8.23. The predicted octanol–water partition coefficient (Wildman–Crippen LogP) is 5.89. The first-order valence-electron chi connectivity index (χ1n) is 11.0. The molecule has 0 saturated heterocycles. The zero-order chi connectivity index (χ0) is 22.0. The quantitative estimate of drug-likeness (QED) is 0.509. The molecular formula is C25H29Cl2N3O. The van der Waals surface area contributed by atoms with E-state index in [0.717, 1.165) is 37.3 Å². The maximum absolute atomic E-state index is 12.7. The molecule has 1 heterocycles. The van der Waals surface area contributed by atoms with E-state index in [1.165, 1.54) is 5.56 Å². The number of anilines is 1. The number of hydrogen-bond donors (Lipinski definition) is 2. The second-order valence-corrected chi connectivity index (χ2v) is 9.07. The molecule has 6 heteroatoms. The minimum absolute atomic E-state index is 0.0173. The summed E-state index contributed by atoms with van der Waals surface area (Å²) in [6.45, 7) is 7.77. The molecule has 0 spiro atoms. The Morgan fingerprint density at radius 3 is 2.68 bits per heavy atom. The van der Waals surface area contributed by atoms with Gasteiger partial charge >= 0.3 is 0 Å². The third-order valence-electron chi connectivity index (χ3n) is 6.53. The zero-order valence-electron chi connectivity index (χ0n) is 18.0. The second kappa shape index (κ2) is 9.64. The minimum Gasteiger partial charge on any atom is -0.378 e. The SMILES string of the molecule is CCN(CC)CCNC(=O)c1ccc2c(c1)C1C=CCC1C(c1ccc(Cl)cc1Cl)N2. The molecule has 0 bridgehead atoms. The minimum atomic E-state index is -0.0173. The molecule has 2 N–H and O–H groups in total. The van der Waals surface area contributed by atoms with Crippen LogP contribution in [0.2, 0.25) is 10.0 Å². The average Bonchev–Trinajstić information content (AvgIpc) is 3.26. The van der Waals surface area contributed by atoms with E-state index in [1.54, 1.807) is 6.07 Å². The van der Waals surface area contributed by atoms with E-state index in [1.807, 2.05) is 30.3 Å². The highest BCUT2D eigenvalue weighted by Gasteiger charge is 2.38. The summed E-state index contributed by atoms with van der Waals surface area (Å²) < 4.78 is 0. The third-order valence-corrected chi connectivity index (χ3v) is 7.09. The lowest BCUT2D eigenvalue weighted by atomic mass is 9.76. The highest BCUT2D eigenvalue weighted by Crippen LogP contribution is 2.51. The van der Waals surface area contributed by atoms with Crippen molar-refractivity contribution in [3.63, 3.8) is 0 Å². The summed E-state index contributed by atoms with van der Waals surface area (Å²) in [5, 5.41) is 8.07. The summed E-state index contributed by atoms with van der Waals surface area (Å²) in [5.41, 5.74) is 4.01. The molecule has 1 aliphatic carbocycles. The molecule has 0 radical (unpaired) electrons. The number of likely N-dealkylation sites (N-methyl/N-ethyl adjacent to an activating group) is 1. The fourth-order valence-corrected chi connectivity index (χ4v) is 5.29. The molecule has 1 aliphatic heterocycles. The van der Waals surface area contributed by atoms with Gasteiger partial charge in [-0.1, -0.05) is 55.3 Å². The van der Waals surface area contributed by atoms with Crippen LogP contribution in [0.15, 0.2) is 48.6 Å². The Hall–Kier alpha value is -2.01. The first kappa shape index (κ1) is 22.2. The predicted molar refractivity (Wildman–Crippen MR) is 129 cm³/mol. The van der Waals surface area contributed by atoms with Crippen LogP contribution in [0.3, 0.4) is 0 Å². The third kappa shape index (κ3) is 4.62. The van der Waals surface area contributed by atoms with Gasteiger partial charge in [-0.15, -0.1) is 0 Å². The number of benzene rings is 2. The van der Waals surface area contributed by atoms with Crippen LogP contribution in [0.25, 0.3) is 0 Å². The van der Waals surface area contributed by atoms with Gasteiger partial charge in [-0.2, -0.15) is 0 Å². The topological polar surface area (TPSA) is 44.4 Å². The van der Waals surface area contributed by atoms with Gasteiger partial charge in [-0.05, 0) is 66.9 Å². The van der Waals surface area contributed by atoms with Gasteiger partial charge in [0.15, 0.2) is 0 Å². The van der Waals surface area contributed by atoms with E-state index >= 15 is 0 Å². The molecule has 3 atom stereocenters. The molecule has 4 nitrogen and oxygen atoms in total. The van der Waals surface area contributed by atoms with Gasteiger partial charge in [0.25, 0.3) is 5.91 Å². The molecule has 1 amide bonds. The van der Waals surface area contributed by atoms with E-state index in [0.29, 0.717) is 28.1 Å². The summed E-state index contributed by atoms with van der Waals surface area (Å²) in [5.74, 6) is 0.597. The van der Waals surface area contributed by atoms with Gasteiger partial charge in [0.1, 0.15) is 0 Å². The Morgan fingerprint density at radius 2 is 1.94 bits per heavy atom. The summed E-state index contributed by atoms with van der Waals surface area (Å²) in [6, 6.07) is 11.8. The number of hydrogen-bond acceptors (Lipinski definition) is 3. The van der Waals surface area contributed by atoms with Gasteiger partial charge in [0.2, 0.25) is 0 Å². The monoisotopic (exact) mass is 457 g/mol. The number of rotatable bonds is 7. The normalized spacial score (nSPS) is 21.5.